The lowest BCUT2D eigenvalue weighted by Gasteiger charge is -2.36. The van der Waals surface area contributed by atoms with Crippen LogP contribution in [0.3, 0.4) is 0 Å². The molecule has 1 heterocycles. The Balaban J connectivity index is 1.68. The molecule has 1 aliphatic rings. The highest BCUT2D eigenvalue weighted by Gasteiger charge is 2.16. The lowest BCUT2D eigenvalue weighted by atomic mass is 10.2. The summed E-state index contributed by atoms with van der Waals surface area (Å²) in [6.45, 7) is 8.33. The van der Waals surface area contributed by atoms with Gasteiger partial charge in [-0.1, -0.05) is 0 Å². The molecule has 0 bridgehead atoms. The molecular weight excluding hydrogens is 257 g/mol. The van der Waals surface area contributed by atoms with Crippen LogP contribution >= 0.6 is 0 Å². The van der Waals surface area contributed by atoms with Crippen molar-refractivity contribution >= 4 is 5.69 Å². The van der Waals surface area contributed by atoms with Gasteiger partial charge in [0.15, 0.2) is 0 Å². The molecule has 1 aliphatic heterocycles. The number of hydrogen-bond donors (Lipinski definition) is 2. The van der Waals surface area contributed by atoms with Crippen LogP contribution in [0.5, 0.6) is 0 Å². The van der Waals surface area contributed by atoms with Crippen LogP contribution in [-0.2, 0) is 0 Å². The molecule has 0 radical (unpaired) electrons. The first kappa shape index (κ1) is 15.2. The van der Waals surface area contributed by atoms with Crippen LogP contribution in [0, 0.1) is 5.82 Å². The summed E-state index contributed by atoms with van der Waals surface area (Å²) in [6.07, 6.45) is -0.287. The summed E-state index contributed by atoms with van der Waals surface area (Å²) in [5.74, 6) is -0.184. The second-order valence-electron chi connectivity index (χ2n) is 5.36. The molecule has 0 aromatic heterocycles. The molecule has 112 valence electrons. The summed E-state index contributed by atoms with van der Waals surface area (Å²) in [5, 5.41) is 12.4. The van der Waals surface area contributed by atoms with Gasteiger partial charge < -0.3 is 15.3 Å². The van der Waals surface area contributed by atoms with Gasteiger partial charge >= 0.3 is 0 Å². The second-order valence-corrected chi connectivity index (χ2v) is 5.36. The summed E-state index contributed by atoms with van der Waals surface area (Å²) >= 11 is 0. The molecule has 4 nitrogen and oxygen atoms in total. The zero-order chi connectivity index (χ0) is 14.4. The number of hydrogen-bond acceptors (Lipinski definition) is 4. The largest absolute Gasteiger partial charge is 0.392 e. The molecule has 1 saturated heterocycles. The van der Waals surface area contributed by atoms with Gasteiger partial charge in [0.25, 0.3) is 0 Å². The Bertz CT molecular complexity index is 389. The fourth-order valence-corrected chi connectivity index (χ4v) is 2.43. The summed E-state index contributed by atoms with van der Waals surface area (Å²) in [4.78, 5) is 4.70. The summed E-state index contributed by atoms with van der Waals surface area (Å²) in [5.41, 5.74) is 1.10. The molecular formula is C15H24FN3O. The third kappa shape index (κ3) is 4.74. The van der Waals surface area contributed by atoms with Crippen LogP contribution in [0.15, 0.2) is 24.3 Å². The third-order valence-electron chi connectivity index (χ3n) is 3.61. The number of aliphatic hydroxyl groups is 1. The monoisotopic (exact) mass is 281 g/mol. The van der Waals surface area contributed by atoms with Crippen LogP contribution in [0.1, 0.15) is 6.92 Å². The highest BCUT2D eigenvalue weighted by molar-refractivity contribution is 5.46. The summed E-state index contributed by atoms with van der Waals surface area (Å²) < 4.78 is 12.9. The van der Waals surface area contributed by atoms with E-state index < -0.39 is 0 Å². The van der Waals surface area contributed by atoms with Crippen molar-refractivity contribution in [3.63, 3.8) is 0 Å². The molecule has 0 aliphatic carbocycles. The predicted molar refractivity (Wildman–Crippen MR) is 79.6 cm³/mol. The zero-order valence-corrected chi connectivity index (χ0v) is 12.1. The molecule has 5 heteroatoms. The normalized spacial score (nSPS) is 18.2. The van der Waals surface area contributed by atoms with Gasteiger partial charge in [0, 0.05) is 51.5 Å². The van der Waals surface area contributed by atoms with E-state index in [1.165, 1.54) is 12.1 Å². The van der Waals surface area contributed by atoms with Crippen molar-refractivity contribution in [1.29, 1.82) is 0 Å². The molecule has 1 fully saturated rings. The van der Waals surface area contributed by atoms with Gasteiger partial charge in [-0.25, -0.2) is 4.39 Å². The number of anilines is 1. The van der Waals surface area contributed by atoms with Gasteiger partial charge in [-0.2, -0.15) is 0 Å². The van der Waals surface area contributed by atoms with E-state index in [1.54, 1.807) is 6.92 Å². The van der Waals surface area contributed by atoms with Gasteiger partial charge in [-0.3, -0.25) is 4.90 Å². The third-order valence-corrected chi connectivity index (χ3v) is 3.61. The van der Waals surface area contributed by atoms with Crippen LogP contribution in [-0.4, -0.2) is 61.9 Å². The van der Waals surface area contributed by atoms with Gasteiger partial charge in [0.1, 0.15) is 5.82 Å². The first-order valence-electron chi connectivity index (χ1n) is 7.27. The van der Waals surface area contributed by atoms with E-state index in [2.05, 4.69) is 15.1 Å². The summed E-state index contributed by atoms with van der Waals surface area (Å²) in [6, 6.07) is 6.72. The fraction of sp³-hybridized carbons (Fsp3) is 0.600. The Labute approximate surface area is 120 Å². The first-order chi connectivity index (χ1) is 9.65. The van der Waals surface area contributed by atoms with E-state index in [4.69, 9.17) is 5.11 Å². The molecule has 0 amide bonds. The predicted octanol–water partition coefficient (Wildman–Crippen LogP) is 0.918. The lowest BCUT2D eigenvalue weighted by molar-refractivity contribution is 0.187. The summed E-state index contributed by atoms with van der Waals surface area (Å²) in [7, 11) is 0. The molecule has 1 aromatic rings. The number of rotatable bonds is 6. The van der Waals surface area contributed by atoms with Crippen molar-refractivity contribution in [2.75, 3.05) is 50.7 Å². The van der Waals surface area contributed by atoms with Gasteiger partial charge in [-0.15, -0.1) is 0 Å². The molecule has 0 spiro atoms. The van der Waals surface area contributed by atoms with E-state index in [0.29, 0.717) is 6.54 Å². The van der Waals surface area contributed by atoms with Gasteiger partial charge in [-0.05, 0) is 31.2 Å². The molecule has 0 saturated carbocycles. The Hall–Kier alpha value is -1.17. The maximum absolute atomic E-state index is 12.9. The van der Waals surface area contributed by atoms with E-state index in [0.717, 1.165) is 45.0 Å². The van der Waals surface area contributed by atoms with Crippen molar-refractivity contribution in [1.82, 2.24) is 10.2 Å². The Morgan fingerprint density at radius 3 is 2.45 bits per heavy atom. The van der Waals surface area contributed by atoms with E-state index >= 15 is 0 Å². The smallest absolute Gasteiger partial charge is 0.123 e. The van der Waals surface area contributed by atoms with Crippen molar-refractivity contribution in [3.8, 4) is 0 Å². The van der Waals surface area contributed by atoms with Crippen LogP contribution in [0.2, 0.25) is 0 Å². The minimum atomic E-state index is -0.287. The van der Waals surface area contributed by atoms with Crippen molar-refractivity contribution in [3.05, 3.63) is 30.1 Å². The molecule has 20 heavy (non-hydrogen) atoms. The number of aliphatic hydroxyl groups excluding tert-OH is 1. The number of halogens is 1. The number of nitrogens with one attached hydrogen (secondary N) is 1. The first-order valence-corrected chi connectivity index (χ1v) is 7.27. The Morgan fingerprint density at radius 1 is 1.20 bits per heavy atom. The zero-order valence-electron chi connectivity index (χ0n) is 12.1. The Kier molecular flexibility index (Phi) is 5.76. The van der Waals surface area contributed by atoms with Gasteiger partial charge in [0.2, 0.25) is 0 Å². The lowest BCUT2D eigenvalue weighted by Crippen LogP contribution is -2.48. The second kappa shape index (κ2) is 7.57. The molecule has 1 unspecified atom stereocenters. The van der Waals surface area contributed by atoms with E-state index in [9.17, 15) is 4.39 Å². The molecule has 2 N–H and O–H groups in total. The molecule has 1 aromatic carbocycles. The van der Waals surface area contributed by atoms with E-state index in [1.807, 2.05) is 12.1 Å². The van der Waals surface area contributed by atoms with Crippen LogP contribution in [0.25, 0.3) is 0 Å². The SMILES string of the molecule is CC(O)CNCCN1CCN(c2ccc(F)cc2)CC1. The maximum atomic E-state index is 12.9. The fourth-order valence-electron chi connectivity index (χ4n) is 2.43. The maximum Gasteiger partial charge on any atom is 0.123 e. The van der Waals surface area contributed by atoms with Crippen LogP contribution < -0.4 is 10.2 Å². The van der Waals surface area contributed by atoms with Crippen molar-refractivity contribution in [2.45, 2.75) is 13.0 Å². The standard InChI is InChI=1S/C15H24FN3O/c1-13(20)12-17-6-7-18-8-10-19(11-9-18)15-4-2-14(16)3-5-15/h2-5,13,17,20H,6-12H2,1H3. The minimum Gasteiger partial charge on any atom is -0.392 e. The van der Waals surface area contributed by atoms with Crippen molar-refractivity contribution < 1.29 is 9.50 Å². The van der Waals surface area contributed by atoms with Crippen molar-refractivity contribution in [2.24, 2.45) is 0 Å². The van der Waals surface area contributed by atoms with Crippen LogP contribution in [0.4, 0.5) is 10.1 Å². The quantitative estimate of drug-likeness (QED) is 0.761. The topological polar surface area (TPSA) is 38.7 Å². The number of piperazine rings is 1. The van der Waals surface area contributed by atoms with E-state index in [-0.39, 0.29) is 11.9 Å². The average molecular weight is 281 g/mol. The Morgan fingerprint density at radius 2 is 1.85 bits per heavy atom. The molecule has 2 rings (SSSR count). The highest BCUT2D eigenvalue weighted by Crippen LogP contribution is 2.16. The average Bonchev–Trinajstić information content (AvgIpc) is 2.45. The minimum absolute atomic E-state index is 0.184. The molecule has 1 atom stereocenters. The highest BCUT2D eigenvalue weighted by atomic mass is 19.1. The van der Waals surface area contributed by atoms with Gasteiger partial charge in [0.05, 0.1) is 6.10 Å². The number of nitrogens with zero attached hydrogens (tertiary/aromatic N) is 2. The number of benzene rings is 1.